The number of aldehydes is 1. The number of urea groups is 1. The Bertz CT molecular complexity index is 1100. The number of hydrogen-bond donors (Lipinski definition) is 3. The fraction of sp³-hybridized carbons (Fsp3) is 0.697. The molecule has 2 aliphatic heterocycles. The van der Waals surface area contributed by atoms with Crippen LogP contribution in [0.2, 0.25) is 5.02 Å². The van der Waals surface area contributed by atoms with Crippen molar-refractivity contribution in [1.82, 2.24) is 20.1 Å². The van der Waals surface area contributed by atoms with Crippen LogP contribution >= 0.6 is 24.4 Å². The van der Waals surface area contributed by atoms with Gasteiger partial charge in [0.25, 0.3) is 0 Å². The third kappa shape index (κ3) is 12.2. The van der Waals surface area contributed by atoms with Crippen molar-refractivity contribution in [3.05, 3.63) is 34.9 Å². The van der Waals surface area contributed by atoms with Gasteiger partial charge in [0, 0.05) is 36.7 Å². The minimum Gasteiger partial charge on any atom is -0.381 e. The van der Waals surface area contributed by atoms with E-state index in [9.17, 15) is 23.7 Å². The van der Waals surface area contributed by atoms with E-state index in [1.807, 2.05) is 23.5 Å². The van der Waals surface area contributed by atoms with Crippen LogP contribution < -0.4 is 10.6 Å². The SMILES string of the molecule is CC1CCCCC1.COC1CCCC1Cc1cccc(Cl)c1.O=CC(CC1CC2(CCN(S)CC2)NC1=O)NC(=O)N(F)C=O. The first-order valence-electron chi connectivity index (χ1n) is 16.3. The minimum atomic E-state index is -1.33. The van der Waals surface area contributed by atoms with Crippen molar-refractivity contribution in [2.24, 2.45) is 17.8 Å². The summed E-state index contributed by atoms with van der Waals surface area (Å²) in [5.41, 5.74) is 1.03. The molecule has 2 N–H and O–H groups in total. The van der Waals surface area contributed by atoms with Gasteiger partial charge in [-0.2, -0.15) is 0 Å². The first kappa shape index (κ1) is 37.2. The van der Waals surface area contributed by atoms with Crippen molar-refractivity contribution < 1.29 is 28.4 Å². The van der Waals surface area contributed by atoms with Crippen molar-refractivity contribution in [1.29, 1.82) is 0 Å². The molecular formula is C33H50ClFN4O5S. The Morgan fingerprint density at radius 2 is 1.91 bits per heavy atom. The second-order valence-corrected chi connectivity index (χ2v) is 14.0. The van der Waals surface area contributed by atoms with Crippen LogP contribution in [0.3, 0.4) is 0 Å². The Hall–Kier alpha value is -2.21. The van der Waals surface area contributed by atoms with Gasteiger partial charge in [-0.25, -0.2) is 4.79 Å². The molecule has 1 spiro atoms. The zero-order chi connectivity index (χ0) is 32.8. The smallest absolute Gasteiger partial charge is 0.353 e. The molecule has 5 rings (SSSR count). The average molecular weight is 669 g/mol. The molecular weight excluding hydrogens is 619 g/mol. The van der Waals surface area contributed by atoms with Crippen LogP contribution in [0.5, 0.6) is 0 Å². The van der Waals surface area contributed by atoms with Crippen LogP contribution in [0, 0.1) is 17.8 Å². The molecule has 1 aromatic rings. The summed E-state index contributed by atoms with van der Waals surface area (Å²) in [4.78, 5) is 44.6. The number of nitrogens with one attached hydrogen (secondary N) is 2. The van der Waals surface area contributed by atoms with Gasteiger partial charge in [0.1, 0.15) is 6.29 Å². The summed E-state index contributed by atoms with van der Waals surface area (Å²) in [7, 11) is 1.82. The van der Waals surface area contributed by atoms with Crippen LogP contribution in [-0.2, 0) is 25.5 Å². The molecule has 4 aliphatic rings. The van der Waals surface area contributed by atoms with E-state index in [1.54, 1.807) is 0 Å². The molecule has 9 nitrogen and oxygen atoms in total. The van der Waals surface area contributed by atoms with Gasteiger partial charge < -0.3 is 20.2 Å². The summed E-state index contributed by atoms with van der Waals surface area (Å²) < 4.78 is 20.2. The number of imide groups is 1. The summed E-state index contributed by atoms with van der Waals surface area (Å²) in [5.74, 6) is 1.09. The van der Waals surface area contributed by atoms with Crippen LogP contribution in [0.1, 0.15) is 89.5 Å². The van der Waals surface area contributed by atoms with Crippen LogP contribution in [0.15, 0.2) is 24.3 Å². The molecule has 4 fully saturated rings. The third-order valence-corrected chi connectivity index (χ3v) is 10.2. The summed E-state index contributed by atoms with van der Waals surface area (Å²) in [6.07, 6.45) is 15.1. The average Bonchev–Trinajstić information content (AvgIpc) is 3.61. The van der Waals surface area contributed by atoms with Crippen molar-refractivity contribution in [2.45, 2.75) is 108 Å². The molecule has 2 saturated carbocycles. The van der Waals surface area contributed by atoms with Crippen molar-refractivity contribution >= 4 is 49.1 Å². The summed E-state index contributed by atoms with van der Waals surface area (Å²) in [6, 6.07) is 5.80. The lowest BCUT2D eigenvalue weighted by molar-refractivity contribution is -0.126. The maximum atomic E-state index is 12.8. The van der Waals surface area contributed by atoms with Gasteiger partial charge in [0.05, 0.1) is 12.1 Å². The molecule has 45 heavy (non-hydrogen) atoms. The van der Waals surface area contributed by atoms with Crippen molar-refractivity contribution in [2.75, 3.05) is 20.2 Å². The number of piperidine rings is 1. The predicted octanol–water partition coefficient (Wildman–Crippen LogP) is 6.10. The molecule has 2 heterocycles. The maximum Gasteiger partial charge on any atom is 0.353 e. The lowest BCUT2D eigenvalue weighted by Crippen LogP contribution is -2.48. The molecule has 12 heteroatoms. The number of rotatable bonds is 8. The number of ether oxygens (including phenoxy) is 1. The Labute approximate surface area is 277 Å². The van der Waals surface area contributed by atoms with Crippen LogP contribution in [-0.4, -0.2) is 71.9 Å². The Morgan fingerprint density at radius 3 is 2.49 bits per heavy atom. The fourth-order valence-electron chi connectivity index (χ4n) is 6.96. The van der Waals surface area contributed by atoms with Crippen molar-refractivity contribution in [3.63, 3.8) is 0 Å². The number of thiol groups is 1. The Morgan fingerprint density at radius 1 is 1.20 bits per heavy atom. The molecule has 2 saturated heterocycles. The number of methoxy groups -OCH3 is 1. The molecule has 4 atom stereocenters. The number of hydrogen-bond acceptors (Lipinski definition) is 7. The van der Waals surface area contributed by atoms with E-state index in [4.69, 9.17) is 16.3 Å². The number of benzene rings is 1. The van der Waals surface area contributed by atoms with Gasteiger partial charge in [0.15, 0.2) is 0 Å². The maximum absolute atomic E-state index is 12.8. The molecule has 252 valence electrons. The highest BCUT2D eigenvalue weighted by atomic mass is 35.5. The monoisotopic (exact) mass is 668 g/mol. The quantitative estimate of drug-likeness (QED) is 0.176. The molecule has 0 radical (unpaired) electrons. The molecule has 4 amide bonds. The highest BCUT2D eigenvalue weighted by Gasteiger charge is 2.46. The van der Waals surface area contributed by atoms with Crippen LogP contribution in [0.25, 0.3) is 0 Å². The number of amides is 4. The van der Waals surface area contributed by atoms with E-state index in [1.165, 1.54) is 56.9 Å². The second-order valence-electron chi connectivity index (χ2n) is 13.0. The van der Waals surface area contributed by atoms with Crippen LogP contribution in [0.4, 0.5) is 9.28 Å². The van der Waals surface area contributed by atoms with E-state index >= 15 is 0 Å². The van der Waals surface area contributed by atoms with Gasteiger partial charge in [-0.15, -0.1) is 0 Å². The summed E-state index contributed by atoms with van der Waals surface area (Å²) >= 11 is 10.2. The van der Waals surface area contributed by atoms with Crippen molar-refractivity contribution in [3.8, 4) is 0 Å². The number of nitrogens with zero attached hydrogens (tertiary/aromatic N) is 2. The van der Waals surface area contributed by atoms with Gasteiger partial charge in [-0.3, -0.25) is 13.9 Å². The van der Waals surface area contributed by atoms with E-state index < -0.39 is 23.1 Å². The number of carbonyl (C=O) groups excluding carboxylic acids is 4. The Balaban J connectivity index is 0.000000212. The van der Waals surface area contributed by atoms with E-state index in [0.717, 1.165) is 43.3 Å². The number of carbonyl (C=O) groups is 4. The molecule has 4 unspecified atom stereocenters. The highest BCUT2D eigenvalue weighted by molar-refractivity contribution is 7.77. The first-order valence-corrected chi connectivity index (χ1v) is 17.0. The molecule has 0 bridgehead atoms. The predicted molar refractivity (Wildman–Crippen MR) is 176 cm³/mol. The molecule has 0 aromatic heterocycles. The lowest BCUT2D eigenvalue weighted by atomic mass is 9.83. The lowest BCUT2D eigenvalue weighted by Gasteiger charge is -2.37. The summed E-state index contributed by atoms with van der Waals surface area (Å²) in [6.45, 7) is 3.86. The van der Waals surface area contributed by atoms with E-state index in [0.29, 0.717) is 24.7 Å². The van der Waals surface area contributed by atoms with E-state index in [2.05, 4.69) is 42.5 Å². The van der Waals surface area contributed by atoms with Gasteiger partial charge in [0.2, 0.25) is 12.3 Å². The molecule has 1 aromatic carbocycles. The minimum absolute atomic E-state index is 0.0696. The zero-order valence-electron chi connectivity index (χ0n) is 26.6. The van der Waals surface area contributed by atoms with Gasteiger partial charge in [-0.05, 0) is 74.5 Å². The van der Waals surface area contributed by atoms with Gasteiger partial charge >= 0.3 is 6.03 Å². The Kier molecular flexibility index (Phi) is 15.6. The highest BCUT2D eigenvalue weighted by Crippen LogP contribution is 2.36. The standard InChI is InChI=1S/C13H17ClO.C13H19FN4O4S.C7H14/c1-15-13-7-3-5-11(13)8-10-4-2-6-12(14)9-10;14-18(8-20)12(22)15-10(7-19)5-9-6-13(16-11(9)21)1-3-17(23)4-2-13;1-7-5-3-2-4-6-7/h2,4,6,9,11,13H,3,5,7-8H2,1H3;7-10,23H,1-6H2,(H,15,22)(H,16,21);7H,2-6H2,1H3. The van der Waals surface area contributed by atoms with E-state index in [-0.39, 0.29) is 24.3 Å². The van der Waals surface area contributed by atoms with Gasteiger partial charge in [-0.1, -0.05) is 91.6 Å². The normalized spacial score (nSPS) is 25.2. The number of halogens is 2. The molecule has 2 aliphatic carbocycles. The topological polar surface area (TPSA) is 108 Å². The third-order valence-electron chi connectivity index (χ3n) is 9.56. The second kappa shape index (κ2) is 18.8. The summed E-state index contributed by atoms with van der Waals surface area (Å²) in [5, 5.41) is 5.21. The first-order chi connectivity index (χ1) is 21.6. The zero-order valence-corrected chi connectivity index (χ0v) is 28.2. The largest absolute Gasteiger partial charge is 0.381 e. The fourth-order valence-corrected chi connectivity index (χ4v) is 7.38.